The van der Waals surface area contributed by atoms with Crippen LogP contribution in [0.4, 0.5) is 0 Å². The fraction of sp³-hybridized carbons (Fsp3) is 0.818. The van der Waals surface area contributed by atoms with Gasteiger partial charge in [0.05, 0.1) is 6.04 Å². The average Bonchev–Trinajstić information content (AvgIpc) is 2.94. The van der Waals surface area contributed by atoms with Gasteiger partial charge >= 0.3 is 0 Å². The molecule has 2 N–H and O–H groups in total. The molecule has 1 aliphatic heterocycles. The predicted molar refractivity (Wildman–Crippen MR) is 58.7 cm³/mol. The maximum Gasteiger partial charge on any atom is 0.243 e. The molecule has 1 fully saturated rings. The summed E-state index contributed by atoms with van der Waals surface area (Å²) in [6.07, 6.45) is 5.15. The van der Waals surface area contributed by atoms with Crippen molar-refractivity contribution in [1.29, 1.82) is 0 Å². The van der Waals surface area contributed by atoms with E-state index in [0.717, 1.165) is 38.7 Å². The molecule has 2 atom stereocenters. The Balaban J connectivity index is 1.95. The third-order valence-electron chi connectivity index (χ3n) is 2.86. The Kier molecular flexibility index (Phi) is 3.90. The van der Waals surface area contributed by atoms with Crippen molar-refractivity contribution < 1.29 is 9.26 Å². The summed E-state index contributed by atoms with van der Waals surface area (Å²) in [6, 6.07) is -0.136. The van der Waals surface area contributed by atoms with Crippen molar-refractivity contribution in [2.45, 2.75) is 51.2 Å². The fourth-order valence-electron chi connectivity index (χ4n) is 1.86. The molecule has 0 amide bonds. The summed E-state index contributed by atoms with van der Waals surface area (Å²) in [7, 11) is 0. The van der Waals surface area contributed by atoms with Gasteiger partial charge in [0.25, 0.3) is 0 Å². The standard InChI is InChI=1S/C11H19N3O2/c1-2-3-5-8(12)11-13-10(14-16-11)9-6-4-7-15-9/h8-9H,2-7,12H2,1H3/t8-,9?/m0/s1. The van der Waals surface area contributed by atoms with Crippen molar-refractivity contribution in [1.82, 2.24) is 10.1 Å². The normalized spacial score (nSPS) is 22.5. The number of ether oxygens (including phenoxy) is 1. The van der Waals surface area contributed by atoms with E-state index in [4.69, 9.17) is 15.0 Å². The molecule has 1 aromatic heterocycles. The van der Waals surface area contributed by atoms with Crippen molar-refractivity contribution in [2.24, 2.45) is 5.73 Å². The molecule has 0 aliphatic carbocycles. The topological polar surface area (TPSA) is 74.2 Å². The van der Waals surface area contributed by atoms with E-state index in [1.54, 1.807) is 0 Å². The molecule has 0 radical (unpaired) electrons. The van der Waals surface area contributed by atoms with Gasteiger partial charge in [0.15, 0.2) is 0 Å². The number of unbranched alkanes of at least 4 members (excludes halogenated alkanes) is 1. The predicted octanol–water partition coefficient (Wildman–Crippen LogP) is 2.11. The number of nitrogens with zero attached hydrogens (tertiary/aromatic N) is 2. The molecule has 0 bridgehead atoms. The molecule has 1 saturated heterocycles. The maximum absolute atomic E-state index is 5.96. The van der Waals surface area contributed by atoms with Crippen LogP contribution in [0.3, 0.4) is 0 Å². The van der Waals surface area contributed by atoms with Crippen molar-refractivity contribution in [3.63, 3.8) is 0 Å². The molecule has 1 aromatic rings. The van der Waals surface area contributed by atoms with Gasteiger partial charge < -0.3 is 15.0 Å². The molecule has 2 rings (SSSR count). The molecule has 0 aromatic carbocycles. The van der Waals surface area contributed by atoms with Crippen molar-refractivity contribution in [3.8, 4) is 0 Å². The maximum atomic E-state index is 5.96. The zero-order chi connectivity index (χ0) is 11.4. The highest BCUT2D eigenvalue weighted by Crippen LogP contribution is 2.27. The number of aromatic nitrogens is 2. The highest BCUT2D eigenvalue weighted by molar-refractivity contribution is 4.96. The van der Waals surface area contributed by atoms with Crippen LogP contribution in [-0.4, -0.2) is 16.7 Å². The van der Waals surface area contributed by atoms with Crippen LogP contribution in [0.2, 0.25) is 0 Å². The largest absolute Gasteiger partial charge is 0.370 e. The molecule has 1 unspecified atom stereocenters. The fourth-order valence-corrected chi connectivity index (χ4v) is 1.86. The van der Waals surface area contributed by atoms with Crippen LogP contribution in [0.25, 0.3) is 0 Å². The van der Waals surface area contributed by atoms with Gasteiger partial charge in [-0.1, -0.05) is 24.9 Å². The number of nitrogens with two attached hydrogens (primary N) is 1. The van der Waals surface area contributed by atoms with Gasteiger partial charge in [-0.25, -0.2) is 0 Å². The van der Waals surface area contributed by atoms with Crippen LogP contribution in [0.15, 0.2) is 4.52 Å². The Bertz CT molecular complexity index is 321. The third-order valence-corrected chi connectivity index (χ3v) is 2.86. The van der Waals surface area contributed by atoms with Crippen LogP contribution >= 0.6 is 0 Å². The molecular formula is C11H19N3O2. The van der Waals surface area contributed by atoms with Crippen LogP contribution in [0.5, 0.6) is 0 Å². The molecule has 1 aliphatic rings. The summed E-state index contributed by atoms with van der Waals surface area (Å²) in [6.45, 7) is 2.93. The van der Waals surface area contributed by atoms with E-state index in [0.29, 0.717) is 11.7 Å². The monoisotopic (exact) mass is 225 g/mol. The summed E-state index contributed by atoms with van der Waals surface area (Å²) in [4.78, 5) is 4.32. The van der Waals surface area contributed by atoms with E-state index in [2.05, 4.69) is 17.1 Å². The number of hydrogen-bond acceptors (Lipinski definition) is 5. The molecule has 5 nitrogen and oxygen atoms in total. The van der Waals surface area contributed by atoms with Gasteiger partial charge in [-0.3, -0.25) is 0 Å². The quantitative estimate of drug-likeness (QED) is 0.830. The minimum Gasteiger partial charge on any atom is -0.370 e. The van der Waals surface area contributed by atoms with Gasteiger partial charge in [0, 0.05) is 6.61 Å². The van der Waals surface area contributed by atoms with Crippen molar-refractivity contribution >= 4 is 0 Å². The lowest BCUT2D eigenvalue weighted by atomic mass is 10.1. The summed E-state index contributed by atoms with van der Waals surface area (Å²) in [5.41, 5.74) is 5.96. The highest BCUT2D eigenvalue weighted by Gasteiger charge is 2.24. The first-order chi connectivity index (χ1) is 7.81. The first kappa shape index (κ1) is 11.5. The SMILES string of the molecule is CCCC[C@H](N)c1nc(C2CCCO2)no1. The average molecular weight is 225 g/mol. The second-order valence-electron chi connectivity index (χ2n) is 4.24. The Labute approximate surface area is 95.3 Å². The lowest BCUT2D eigenvalue weighted by molar-refractivity contribution is 0.103. The minimum atomic E-state index is -0.136. The van der Waals surface area contributed by atoms with E-state index in [-0.39, 0.29) is 12.1 Å². The van der Waals surface area contributed by atoms with E-state index in [9.17, 15) is 0 Å². The van der Waals surface area contributed by atoms with Crippen LogP contribution in [-0.2, 0) is 4.74 Å². The van der Waals surface area contributed by atoms with E-state index in [1.165, 1.54) is 0 Å². The number of rotatable bonds is 5. The molecule has 90 valence electrons. The summed E-state index contributed by atoms with van der Waals surface area (Å²) in [5, 5.41) is 3.94. The molecule has 5 heteroatoms. The zero-order valence-electron chi connectivity index (χ0n) is 9.69. The lowest BCUT2D eigenvalue weighted by Gasteiger charge is -2.04. The van der Waals surface area contributed by atoms with Crippen LogP contribution in [0.1, 0.15) is 62.9 Å². The van der Waals surface area contributed by atoms with Gasteiger partial charge in [-0.2, -0.15) is 4.98 Å². The van der Waals surface area contributed by atoms with Crippen molar-refractivity contribution in [2.75, 3.05) is 6.61 Å². The summed E-state index contributed by atoms with van der Waals surface area (Å²) < 4.78 is 10.7. The van der Waals surface area contributed by atoms with Crippen LogP contribution < -0.4 is 5.73 Å². The minimum absolute atomic E-state index is 0.0101. The lowest BCUT2D eigenvalue weighted by Crippen LogP contribution is -2.10. The zero-order valence-corrected chi connectivity index (χ0v) is 9.69. The smallest absolute Gasteiger partial charge is 0.243 e. The Hall–Kier alpha value is -0.940. The Morgan fingerprint density at radius 1 is 1.56 bits per heavy atom. The van der Waals surface area contributed by atoms with Crippen LogP contribution in [0, 0.1) is 0 Å². The molecular weight excluding hydrogens is 206 g/mol. The van der Waals surface area contributed by atoms with Gasteiger partial charge in [0.2, 0.25) is 11.7 Å². The molecule has 16 heavy (non-hydrogen) atoms. The molecule has 0 saturated carbocycles. The van der Waals surface area contributed by atoms with Crippen molar-refractivity contribution in [3.05, 3.63) is 11.7 Å². The third kappa shape index (κ3) is 2.59. The van der Waals surface area contributed by atoms with Gasteiger partial charge in [-0.15, -0.1) is 0 Å². The number of hydrogen-bond donors (Lipinski definition) is 1. The first-order valence-electron chi connectivity index (χ1n) is 6.02. The van der Waals surface area contributed by atoms with E-state index in [1.807, 2.05) is 0 Å². The van der Waals surface area contributed by atoms with Gasteiger partial charge in [0.1, 0.15) is 6.10 Å². The second-order valence-corrected chi connectivity index (χ2v) is 4.24. The summed E-state index contributed by atoms with van der Waals surface area (Å²) in [5.74, 6) is 1.19. The molecule has 0 spiro atoms. The second kappa shape index (κ2) is 5.41. The van der Waals surface area contributed by atoms with E-state index >= 15 is 0 Å². The van der Waals surface area contributed by atoms with E-state index < -0.39 is 0 Å². The van der Waals surface area contributed by atoms with Gasteiger partial charge in [-0.05, 0) is 19.3 Å². The highest BCUT2D eigenvalue weighted by atomic mass is 16.5. The Morgan fingerprint density at radius 3 is 3.12 bits per heavy atom. The Morgan fingerprint density at radius 2 is 2.44 bits per heavy atom. The molecule has 2 heterocycles. The first-order valence-corrected chi connectivity index (χ1v) is 6.02. The summed E-state index contributed by atoms with van der Waals surface area (Å²) >= 11 is 0.